The van der Waals surface area contributed by atoms with Crippen molar-refractivity contribution in [1.29, 1.82) is 0 Å². The molecule has 0 atom stereocenters. The van der Waals surface area contributed by atoms with Crippen molar-refractivity contribution in [3.63, 3.8) is 0 Å². The third kappa shape index (κ3) is 6.38. The zero-order valence-corrected chi connectivity index (χ0v) is 23.3. The fourth-order valence-corrected chi connectivity index (χ4v) is 5.06. The minimum absolute atomic E-state index is 0.0618. The van der Waals surface area contributed by atoms with Crippen LogP contribution in [0.25, 0.3) is 28.2 Å². The van der Waals surface area contributed by atoms with Gasteiger partial charge in [-0.3, -0.25) is 9.59 Å². The Labute approximate surface area is 241 Å². The topological polar surface area (TPSA) is 101 Å². The number of hydrogen-bond acceptors (Lipinski definition) is 6. The second-order valence-corrected chi connectivity index (χ2v) is 11.0. The molecule has 10 heteroatoms. The molecule has 7 nitrogen and oxygen atoms in total. The summed E-state index contributed by atoms with van der Waals surface area (Å²) in [6, 6.07) is 14.2. The van der Waals surface area contributed by atoms with E-state index in [0.717, 1.165) is 6.07 Å². The van der Waals surface area contributed by atoms with Gasteiger partial charge < -0.3 is 20.4 Å². The van der Waals surface area contributed by atoms with Gasteiger partial charge in [-0.1, -0.05) is 12.1 Å². The van der Waals surface area contributed by atoms with Crippen LogP contribution in [-0.4, -0.2) is 46.7 Å². The number of aryl methyl sites for hydroxylation is 1. The molecule has 0 radical (unpaired) electrons. The smallest absolute Gasteiger partial charge is 0.420 e. The lowest BCUT2D eigenvalue weighted by Crippen LogP contribution is -2.59. The lowest BCUT2D eigenvalue weighted by atomic mass is 9.97. The number of halogens is 3. The normalized spacial score (nSPS) is 15.4. The third-order valence-corrected chi connectivity index (χ3v) is 7.37. The lowest BCUT2D eigenvalue weighted by Gasteiger charge is -2.42. The van der Waals surface area contributed by atoms with Crippen LogP contribution in [0.3, 0.4) is 0 Å². The molecule has 0 aliphatic carbocycles. The number of amides is 1. The lowest BCUT2D eigenvalue weighted by molar-refractivity contribution is -0.136. The van der Waals surface area contributed by atoms with E-state index >= 15 is 0 Å². The van der Waals surface area contributed by atoms with Gasteiger partial charge in [0.2, 0.25) is 0 Å². The first-order valence-corrected chi connectivity index (χ1v) is 13.6. The van der Waals surface area contributed by atoms with Crippen molar-refractivity contribution in [2.45, 2.75) is 38.4 Å². The molecule has 42 heavy (non-hydrogen) atoms. The van der Waals surface area contributed by atoms with Gasteiger partial charge in [0, 0.05) is 49.6 Å². The SMILES string of the molecule is CC1(C)CNCCN1C(=O)c1ccc(-c2cc(C(F)(F)F)c3oc(CCC(=O)/C=C/c4ccc(N)nc4)cc3c2)cc1. The zero-order valence-electron chi connectivity index (χ0n) is 23.3. The summed E-state index contributed by atoms with van der Waals surface area (Å²) < 4.78 is 47.8. The van der Waals surface area contributed by atoms with E-state index < -0.39 is 11.7 Å². The van der Waals surface area contributed by atoms with Crippen molar-refractivity contribution >= 4 is 34.6 Å². The quantitative estimate of drug-likeness (QED) is 0.257. The predicted molar refractivity (Wildman–Crippen MR) is 156 cm³/mol. The number of rotatable bonds is 7. The number of piperazine rings is 1. The molecule has 3 N–H and O–H groups in total. The van der Waals surface area contributed by atoms with Crippen LogP contribution in [0.5, 0.6) is 0 Å². The fourth-order valence-electron chi connectivity index (χ4n) is 5.06. The molecule has 218 valence electrons. The van der Waals surface area contributed by atoms with Gasteiger partial charge in [-0.2, -0.15) is 13.2 Å². The number of carbonyl (C=O) groups excluding carboxylic acids is 2. The summed E-state index contributed by atoms with van der Waals surface area (Å²) in [7, 11) is 0. The number of alkyl halides is 3. The first-order valence-electron chi connectivity index (χ1n) is 13.6. The highest BCUT2D eigenvalue weighted by Gasteiger charge is 2.36. The first kappa shape index (κ1) is 29.1. The number of pyridine rings is 1. The van der Waals surface area contributed by atoms with Gasteiger partial charge in [0.05, 0.1) is 11.1 Å². The van der Waals surface area contributed by atoms with E-state index in [-0.39, 0.29) is 46.8 Å². The predicted octanol–water partition coefficient (Wildman–Crippen LogP) is 6.13. The van der Waals surface area contributed by atoms with Gasteiger partial charge in [0.1, 0.15) is 17.2 Å². The molecule has 0 spiro atoms. The van der Waals surface area contributed by atoms with E-state index in [4.69, 9.17) is 10.2 Å². The number of anilines is 1. The number of fused-ring (bicyclic) bond motifs is 1. The molecule has 2 aromatic carbocycles. The highest BCUT2D eigenvalue weighted by atomic mass is 19.4. The van der Waals surface area contributed by atoms with Gasteiger partial charge in [-0.15, -0.1) is 0 Å². The summed E-state index contributed by atoms with van der Waals surface area (Å²) in [6.07, 6.45) is 0.0828. The molecule has 0 unspecified atom stereocenters. The van der Waals surface area contributed by atoms with E-state index in [1.54, 1.807) is 54.6 Å². The Bertz CT molecular complexity index is 1640. The van der Waals surface area contributed by atoms with Crippen molar-refractivity contribution in [3.05, 3.63) is 89.3 Å². The van der Waals surface area contributed by atoms with E-state index in [9.17, 15) is 22.8 Å². The summed E-state index contributed by atoms with van der Waals surface area (Å²) in [5.41, 5.74) is 6.10. The number of furan rings is 1. The Morgan fingerprint density at radius 1 is 1.10 bits per heavy atom. The largest absolute Gasteiger partial charge is 0.460 e. The molecule has 1 amide bonds. The maximum atomic E-state index is 14.1. The minimum atomic E-state index is -4.65. The Morgan fingerprint density at radius 3 is 2.52 bits per heavy atom. The number of allylic oxidation sites excluding steroid dienone is 1. The average molecular weight is 577 g/mol. The van der Waals surface area contributed by atoms with E-state index in [0.29, 0.717) is 47.7 Å². The fraction of sp³-hybridized carbons (Fsp3) is 0.281. The average Bonchev–Trinajstić information content (AvgIpc) is 3.37. The van der Waals surface area contributed by atoms with Gasteiger partial charge in [-0.25, -0.2) is 4.98 Å². The minimum Gasteiger partial charge on any atom is -0.460 e. The molecule has 2 aromatic heterocycles. The molecule has 4 aromatic rings. The number of carbonyl (C=O) groups is 2. The third-order valence-electron chi connectivity index (χ3n) is 7.37. The molecule has 3 heterocycles. The molecule has 1 fully saturated rings. The molecule has 1 aliphatic heterocycles. The van der Waals surface area contributed by atoms with Crippen molar-refractivity contribution in [2.75, 3.05) is 25.4 Å². The molecule has 5 rings (SSSR count). The number of nitrogens with two attached hydrogens (primary N) is 1. The summed E-state index contributed by atoms with van der Waals surface area (Å²) in [5.74, 6) is 0.325. The van der Waals surface area contributed by atoms with Gasteiger partial charge in [0.15, 0.2) is 5.78 Å². The van der Waals surface area contributed by atoms with Crippen LogP contribution in [-0.2, 0) is 17.4 Å². The van der Waals surface area contributed by atoms with Crippen LogP contribution in [0.15, 0.2) is 71.3 Å². The Kier molecular flexibility index (Phi) is 7.92. The Hall–Kier alpha value is -4.44. The molecule has 1 saturated heterocycles. The Morgan fingerprint density at radius 2 is 1.86 bits per heavy atom. The van der Waals surface area contributed by atoms with E-state index in [1.807, 2.05) is 18.7 Å². The van der Waals surface area contributed by atoms with Crippen LogP contribution >= 0.6 is 0 Å². The summed E-state index contributed by atoms with van der Waals surface area (Å²) in [5, 5.41) is 3.57. The highest BCUT2D eigenvalue weighted by molar-refractivity contribution is 5.96. The molecular weight excluding hydrogens is 545 g/mol. The van der Waals surface area contributed by atoms with Crippen molar-refractivity contribution in [3.8, 4) is 11.1 Å². The Balaban J connectivity index is 1.36. The number of benzene rings is 2. The van der Waals surface area contributed by atoms with E-state index in [2.05, 4.69) is 10.3 Å². The second-order valence-electron chi connectivity index (χ2n) is 11.0. The maximum Gasteiger partial charge on any atom is 0.420 e. The van der Waals surface area contributed by atoms with Crippen LogP contribution in [0, 0.1) is 0 Å². The van der Waals surface area contributed by atoms with Crippen LogP contribution in [0.2, 0.25) is 0 Å². The monoisotopic (exact) mass is 576 g/mol. The summed E-state index contributed by atoms with van der Waals surface area (Å²) >= 11 is 0. The van der Waals surface area contributed by atoms with Crippen molar-refractivity contribution in [1.82, 2.24) is 15.2 Å². The second kappa shape index (κ2) is 11.4. The summed E-state index contributed by atoms with van der Waals surface area (Å²) in [6.45, 7) is 5.93. The number of nitrogens with zero attached hydrogens (tertiary/aromatic N) is 2. The molecule has 0 saturated carbocycles. The standard InChI is InChI=1S/C32H31F3N4O3/c1-31(2)19-37-13-14-39(31)30(41)22-7-5-21(6-8-22)23-15-24-16-26(42-29(24)27(17-23)32(33,34)35)11-10-25(40)9-3-20-4-12-28(36)38-18-20/h3-9,12,15-18,37H,10-11,13-14,19H2,1-2H3,(H2,36,38)/b9-3+. The van der Waals surface area contributed by atoms with Gasteiger partial charge in [-0.05, 0) is 85.2 Å². The highest BCUT2D eigenvalue weighted by Crippen LogP contribution is 2.39. The zero-order chi connectivity index (χ0) is 30.1. The first-order chi connectivity index (χ1) is 19.9. The molecule has 0 bridgehead atoms. The maximum absolute atomic E-state index is 14.1. The van der Waals surface area contributed by atoms with E-state index in [1.165, 1.54) is 12.3 Å². The number of nitrogens with one attached hydrogen (secondary N) is 1. The van der Waals surface area contributed by atoms with Crippen LogP contribution < -0.4 is 11.1 Å². The molecule has 1 aliphatic rings. The number of aromatic nitrogens is 1. The number of nitrogen functional groups attached to an aromatic ring is 1. The van der Waals surface area contributed by atoms with Gasteiger partial charge >= 0.3 is 6.18 Å². The summed E-state index contributed by atoms with van der Waals surface area (Å²) in [4.78, 5) is 31.3. The molecular formula is C32H31F3N4O3. The van der Waals surface area contributed by atoms with Gasteiger partial charge in [0.25, 0.3) is 5.91 Å². The van der Waals surface area contributed by atoms with Crippen LogP contribution in [0.1, 0.15) is 47.5 Å². The van der Waals surface area contributed by atoms with Crippen molar-refractivity contribution in [2.24, 2.45) is 0 Å². The number of hydrogen-bond donors (Lipinski definition) is 2. The number of ketones is 1. The van der Waals surface area contributed by atoms with Crippen LogP contribution in [0.4, 0.5) is 19.0 Å². The van der Waals surface area contributed by atoms with Crippen molar-refractivity contribution < 1.29 is 27.2 Å².